The number of hydrogen-bond donors (Lipinski definition) is 1. The molecule has 0 aliphatic carbocycles. The minimum Gasteiger partial charge on any atom is -0.503 e. The summed E-state index contributed by atoms with van der Waals surface area (Å²) in [6, 6.07) is 22.8. The number of aliphatic hydroxyl groups excluding tert-OH is 1. The third-order valence-corrected chi connectivity index (χ3v) is 5.74. The van der Waals surface area contributed by atoms with Crippen molar-refractivity contribution in [3.8, 4) is 0 Å². The van der Waals surface area contributed by atoms with Crippen LogP contribution in [0.4, 0.5) is 0 Å². The number of Topliss-reactive ketones (excluding diaryl/α,β-unsaturated/α-hetero) is 1. The number of benzene rings is 3. The Balaban J connectivity index is 1.73. The van der Waals surface area contributed by atoms with E-state index in [-0.39, 0.29) is 24.3 Å². The zero-order chi connectivity index (χ0) is 21.8. The van der Waals surface area contributed by atoms with Crippen LogP contribution >= 0.6 is 0 Å². The molecule has 5 heteroatoms. The molecule has 0 saturated heterocycles. The van der Waals surface area contributed by atoms with Crippen molar-refractivity contribution >= 4 is 22.5 Å². The number of rotatable bonds is 8. The zero-order valence-electron chi connectivity index (χ0n) is 17.5. The van der Waals surface area contributed by atoms with Crippen molar-refractivity contribution in [2.75, 3.05) is 20.3 Å². The van der Waals surface area contributed by atoms with Gasteiger partial charge in [-0.25, -0.2) is 0 Å². The number of carbonyl (C=O) groups is 2. The fourth-order valence-corrected chi connectivity index (χ4v) is 4.21. The predicted octanol–water partition coefficient (Wildman–Crippen LogP) is 4.38. The zero-order valence-corrected chi connectivity index (χ0v) is 17.5. The Morgan fingerprint density at radius 3 is 2.48 bits per heavy atom. The summed E-state index contributed by atoms with van der Waals surface area (Å²) in [5, 5.41) is 12.7. The highest BCUT2D eigenvalue weighted by molar-refractivity contribution is 6.09. The molecule has 31 heavy (non-hydrogen) atoms. The highest BCUT2D eigenvalue weighted by Gasteiger charge is 2.43. The maximum atomic E-state index is 13.3. The summed E-state index contributed by atoms with van der Waals surface area (Å²) in [6.07, 6.45) is 0.765. The molecule has 1 amide bonds. The molecule has 1 unspecified atom stereocenters. The minimum atomic E-state index is -0.642. The average molecular weight is 415 g/mol. The second kappa shape index (κ2) is 9.14. The Morgan fingerprint density at radius 1 is 1.00 bits per heavy atom. The lowest BCUT2D eigenvalue weighted by Crippen LogP contribution is -2.34. The predicted molar refractivity (Wildman–Crippen MR) is 120 cm³/mol. The average Bonchev–Trinajstić information content (AvgIpc) is 3.06. The summed E-state index contributed by atoms with van der Waals surface area (Å²) in [5.74, 6) is -1.20. The molecule has 0 aromatic heterocycles. The number of ether oxygens (including phenoxy) is 1. The van der Waals surface area contributed by atoms with E-state index in [0.717, 1.165) is 21.9 Å². The van der Waals surface area contributed by atoms with E-state index in [9.17, 15) is 14.7 Å². The molecular formula is C26H25NO4. The van der Waals surface area contributed by atoms with Crippen molar-refractivity contribution in [1.82, 2.24) is 4.90 Å². The van der Waals surface area contributed by atoms with E-state index >= 15 is 0 Å². The molecule has 0 fully saturated rings. The first kappa shape index (κ1) is 20.8. The Hall–Kier alpha value is -3.44. The van der Waals surface area contributed by atoms with Crippen molar-refractivity contribution in [3.63, 3.8) is 0 Å². The number of aliphatic hydroxyl groups is 1. The van der Waals surface area contributed by atoms with E-state index in [1.54, 1.807) is 7.11 Å². The summed E-state index contributed by atoms with van der Waals surface area (Å²) in [4.78, 5) is 27.8. The molecule has 0 radical (unpaired) electrons. The van der Waals surface area contributed by atoms with Gasteiger partial charge in [0.05, 0.1) is 18.2 Å². The first-order chi connectivity index (χ1) is 15.1. The quantitative estimate of drug-likeness (QED) is 0.593. The van der Waals surface area contributed by atoms with E-state index in [4.69, 9.17) is 4.74 Å². The molecule has 1 N–H and O–H groups in total. The van der Waals surface area contributed by atoms with Gasteiger partial charge in [-0.15, -0.1) is 0 Å². The van der Waals surface area contributed by atoms with Gasteiger partial charge in [-0.1, -0.05) is 72.8 Å². The molecule has 3 aromatic carbocycles. The van der Waals surface area contributed by atoms with Crippen LogP contribution in [0.3, 0.4) is 0 Å². The smallest absolute Gasteiger partial charge is 0.290 e. The first-order valence-electron chi connectivity index (χ1n) is 10.4. The number of methoxy groups -OCH3 is 1. The highest BCUT2D eigenvalue weighted by atomic mass is 16.5. The maximum absolute atomic E-state index is 13.3. The Kier molecular flexibility index (Phi) is 6.14. The van der Waals surface area contributed by atoms with Crippen LogP contribution in [-0.4, -0.2) is 42.0 Å². The third kappa shape index (κ3) is 4.09. The second-order valence-corrected chi connectivity index (χ2v) is 7.63. The van der Waals surface area contributed by atoms with Crippen molar-refractivity contribution in [3.05, 3.63) is 95.3 Å². The summed E-state index contributed by atoms with van der Waals surface area (Å²) in [7, 11) is 1.56. The van der Waals surface area contributed by atoms with Gasteiger partial charge in [-0.2, -0.15) is 0 Å². The molecule has 1 heterocycles. The highest BCUT2D eigenvalue weighted by Crippen LogP contribution is 2.40. The van der Waals surface area contributed by atoms with Gasteiger partial charge >= 0.3 is 0 Å². The van der Waals surface area contributed by atoms with Gasteiger partial charge in [-0.3, -0.25) is 9.59 Å². The van der Waals surface area contributed by atoms with Crippen LogP contribution in [0.1, 0.15) is 23.6 Å². The van der Waals surface area contributed by atoms with Crippen molar-refractivity contribution in [2.45, 2.75) is 18.9 Å². The van der Waals surface area contributed by atoms with E-state index in [1.807, 2.05) is 72.8 Å². The van der Waals surface area contributed by atoms with Crippen LogP contribution in [0.5, 0.6) is 0 Å². The van der Waals surface area contributed by atoms with E-state index in [1.165, 1.54) is 4.90 Å². The molecular weight excluding hydrogens is 390 g/mol. The topological polar surface area (TPSA) is 66.8 Å². The molecule has 0 spiro atoms. The number of carbonyl (C=O) groups excluding carboxylic acids is 2. The van der Waals surface area contributed by atoms with Gasteiger partial charge in [0, 0.05) is 20.1 Å². The van der Waals surface area contributed by atoms with Gasteiger partial charge in [0.25, 0.3) is 5.91 Å². The van der Waals surface area contributed by atoms with Gasteiger partial charge in [-0.05, 0) is 28.3 Å². The van der Waals surface area contributed by atoms with Gasteiger partial charge in [0.2, 0.25) is 0 Å². The Labute approximate surface area is 181 Å². The van der Waals surface area contributed by atoms with Gasteiger partial charge in [0.15, 0.2) is 11.5 Å². The fraction of sp³-hybridized carbons (Fsp3) is 0.231. The molecule has 1 aliphatic heterocycles. The molecule has 1 aliphatic rings. The molecule has 3 aromatic rings. The molecule has 0 bridgehead atoms. The summed E-state index contributed by atoms with van der Waals surface area (Å²) in [6.45, 7) is 0.592. The number of amides is 1. The Bertz CT molecular complexity index is 1130. The van der Waals surface area contributed by atoms with Crippen molar-refractivity contribution < 1.29 is 19.4 Å². The van der Waals surface area contributed by atoms with Crippen LogP contribution in [0.15, 0.2) is 84.1 Å². The van der Waals surface area contributed by atoms with Gasteiger partial charge in [0.1, 0.15) is 0 Å². The first-order valence-corrected chi connectivity index (χ1v) is 10.4. The summed E-state index contributed by atoms with van der Waals surface area (Å²) < 4.78 is 5.18. The van der Waals surface area contributed by atoms with Crippen LogP contribution in [-0.2, 0) is 20.7 Å². The number of hydrogen-bond acceptors (Lipinski definition) is 4. The van der Waals surface area contributed by atoms with Crippen molar-refractivity contribution in [2.24, 2.45) is 0 Å². The van der Waals surface area contributed by atoms with E-state index in [0.29, 0.717) is 13.0 Å². The summed E-state index contributed by atoms with van der Waals surface area (Å²) in [5.41, 5.74) is 2.04. The van der Waals surface area contributed by atoms with Crippen LogP contribution in [0.25, 0.3) is 10.8 Å². The molecule has 0 saturated carbocycles. The van der Waals surface area contributed by atoms with Crippen LogP contribution in [0.2, 0.25) is 0 Å². The second-order valence-electron chi connectivity index (χ2n) is 7.63. The standard InChI is InChI=1S/C26H25NO4/c1-31-17-16-27-24(21-13-7-11-19-10-5-6-12-20(19)21)23(25(29)26(27)30)22(28)15-14-18-8-3-2-4-9-18/h2-13,24,29H,14-17H2,1H3. The normalized spacial score (nSPS) is 16.4. The lowest BCUT2D eigenvalue weighted by molar-refractivity contribution is -0.130. The van der Waals surface area contributed by atoms with E-state index < -0.39 is 17.7 Å². The molecule has 158 valence electrons. The minimum absolute atomic E-state index is 0.174. The molecule has 5 nitrogen and oxygen atoms in total. The largest absolute Gasteiger partial charge is 0.503 e. The summed E-state index contributed by atoms with van der Waals surface area (Å²) >= 11 is 0. The van der Waals surface area contributed by atoms with Crippen LogP contribution in [0, 0.1) is 0 Å². The molecule has 1 atom stereocenters. The number of fused-ring (bicyclic) bond motifs is 1. The van der Waals surface area contributed by atoms with Crippen molar-refractivity contribution in [1.29, 1.82) is 0 Å². The maximum Gasteiger partial charge on any atom is 0.290 e. The third-order valence-electron chi connectivity index (χ3n) is 5.74. The van der Waals surface area contributed by atoms with Crippen LogP contribution < -0.4 is 0 Å². The Morgan fingerprint density at radius 2 is 1.71 bits per heavy atom. The lowest BCUT2D eigenvalue weighted by atomic mass is 9.90. The van der Waals surface area contributed by atoms with Gasteiger partial charge < -0.3 is 14.7 Å². The molecule has 4 rings (SSSR count). The number of ketones is 1. The van der Waals surface area contributed by atoms with E-state index in [2.05, 4.69) is 0 Å². The fourth-order valence-electron chi connectivity index (χ4n) is 4.21. The number of nitrogens with zero attached hydrogens (tertiary/aromatic N) is 1. The SMILES string of the molecule is COCCN1C(=O)C(O)=C(C(=O)CCc2ccccc2)C1c1cccc2ccccc12. The monoisotopic (exact) mass is 415 g/mol. The lowest BCUT2D eigenvalue weighted by Gasteiger charge is -2.27. The number of aryl methyl sites for hydroxylation is 1.